The highest BCUT2D eigenvalue weighted by molar-refractivity contribution is 5.45. The normalized spacial score (nSPS) is 17.9. The molecular weight excluding hydrogens is 492 g/mol. The van der Waals surface area contributed by atoms with Gasteiger partial charge in [-0.05, 0) is 65.5 Å². The second-order valence-electron chi connectivity index (χ2n) is 12.9. The minimum absolute atomic E-state index is 0.109. The molecule has 3 rings (SSSR count). The van der Waals surface area contributed by atoms with E-state index in [1.165, 1.54) is 22.3 Å². The van der Waals surface area contributed by atoms with Gasteiger partial charge in [0, 0.05) is 21.7 Å². The highest BCUT2D eigenvalue weighted by Crippen LogP contribution is 2.41. The van der Waals surface area contributed by atoms with Crippen LogP contribution in [-0.2, 0) is 28.1 Å². The number of hydrogen-bond donors (Lipinski definition) is 3. The zero-order valence-corrected chi connectivity index (χ0v) is 25.9. The van der Waals surface area contributed by atoms with Crippen molar-refractivity contribution in [3.63, 3.8) is 0 Å². The molecule has 3 atom stereocenters. The van der Waals surface area contributed by atoms with E-state index >= 15 is 0 Å². The Morgan fingerprint density at radius 2 is 0.850 bits per heavy atom. The molecule has 0 saturated carbocycles. The lowest BCUT2D eigenvalue weighted by molar-refractivity contribution is 0.201. The summed E-state index contributed by atoms with van der Waals surface area (Å²) in [6.45, 7) is 15.5. The van der Waals surface area contributed by atoms with Crippen molar-refractivity contribution in [2.75, 3.05) is 19.8 Å². The van der Waals surface area contributed by atoms with Crippen molar-refractivity contribution in [2.24, 2.45) is 0 Å². The zero-order chi connectivity index (χ0) is 29.6. The van der Waals surface area contributed by atoms with Gasteiger partial charge in [-0.25, -0.2) is 0 Å². The first kappa shape index (κ1) is 32.1. The highest BCUT2D eigenvalue weighted by atomic mass is 16.3. The predicted octanol–water partition coefficient (Wildman–Crippen LogP) is 7.61. The van der Waals surface area contributed by atoms with Gasteiger partial charge in [0.05, 0.1) is 19.8 Å². The molecule has 0 spiro atoms. The van der Waals surface area contributed by atoms with Crippen LogP contribution in [0.5, 0.6) is 0 Å². The maximum Gasteiger partial charge on any atom is 0.0525 e. The lowest BCUT2D eigenvalue weighted by Crippen LogP contribution is -2.30. The molecule has 0 radical (unpaired) electrons. The van der Waals surface area contributed by atoms with Gasteiger partial charge in [-0.3, -0.25) is 0 Å². The summed E-state index contributed by atoms with van der Waals surface area (Å²) in [6, 6.07) is 26.3. The maximum absolute atomic E-state index is 10.3. The standard InChI is InChI=1S/C37H52O3/c1-8-34(4,25-38)29-15-11-14-28(22-29)20-21-37(7,32-18-12-16-30(23-32)35(5,9-2)26-39)33-19-13-17-31(24-33)36(6,10-3)27-40/h11-19,22-24,38-40H,8-10,20-21,25-27H2,1-7H3. The largest absolute Gasteiger partial charge is 0.395 e. The van der Waals surface area contributed by atoms with Crippen molar-refractivity contribution >= 4 is 0 Å². The molecule has 40 heavy (non-hydrogen) atoms. The Morgan fingerprint density at radius 1 is 0.500 bits per heavy atom. The molecule has 3 aromatic carbocycles. The molecule has 218 valence electrons. The van der Waals surface area contributed by atoms with E-state index in [0.717, 1.165) is 43.2 Å². The van der Waals surface area contributed by atoms with Crippen molar-refractivity contribution in [3.8, 4) is 0 Å². The third kappa shape index (κ3) is 6.38. The minimum atomic E-state index is -0.292. The van der Waals surface area contributed by atoms with Gasteiger partial charge >= 0.3 is 0 Å². The Labute approximate surface area is 243 Å². The molecule has 0 aliphatic rings. The molecule has 0 bridgehead atoms. The van der Waals surface area contributed by atoms with Gasteiger partial charge in [-0.1, -0.05) is 121 Å². The number of aliphatic hydroxyl groups is 3. The summed E-state index contributed by atoms with van der Waals surface area (Å²) in [4.78, 5) is 0. The molecule has 3 N–H and O–H groups in total. The van der Waals surface area contributed by atoms with Crippen molar-refractivity contribution in [3.05, 3.63) is 106 Å². The molecule has 0 amide bonds. The average Bonchev–Trinajstić information content (AvgIpc) is 3.02. The first-order valence-corrected chi connectivity index (χ1v) is 15.1. The molecule has 0 saturated heterocycles. The lowest BCUT2D eigenvalue weighted by atomic mass is 9.69. The molecule has 0 aliphatic heterocycles. The molecular formula is C37H52O3. The van der Waals surface area contributed by atoms with Gasteiger partial charge in [0.15, 0.2) is 0 Å². The summed E-state index contributed by atoms with van der Waals surface area (Å²) >= 11 is 0. The third-order valence-corrected chi connectivity index (χ3v) is 10.3. The number of aliphatic hydroxyl groups excluding tert-OH is 3. The van der Waals surface area contributed by atoms with Crippen LogP contribution >= 0.6 is 0 Å². The first-order valence-electron chi connectivity index (χ1n) is 15.1. The van der Waals surface area contributed by atoms with Crippen LogP contribution in [0.4, 0.5) is 0 Å². The molecule has 0 aliphatic carbocycles. The topological polar surface area (TPSA) is 60.7 Å². The van der Waals surface area contributed by atoms with E-state index in [1.54, 1.807) is 0 Å². The fraction of sp³-hybridized carbons (Fsp3) is 0.514. The monoisotopic (exact) mass is 544 g/mol. The Bertz CT molecular complexity index is 1170. The van der Waals surface area contributed by atoms with Gasteiger partial charge < -0.3 is 15.3 Å². The van der Waals surface area contributed by atoms with Crippen LogP contribution in [0.3, 0.4) is 0 Å². The van der Waals surface area contributed by atoms with E-state index in [-0.39, 0.29) is 41.5 Å². The lowest BCUT2D eigenvalue weighted by Gasteiger charge is -2.35. The minimum Gasteiger partial charge on any atom is -0.395 e. The molecule has 3 nitrogen and oxygen atoms in total. The summed E-state index contributed by atoms with van der Waals surface area (Å²) in [5, 5.41) is 30.7. The molecule has 3 heteroatoms. The molecule has 0 fully saturated rings. The van der Waals surface area contributed by atoms with E-state index in [4.69, 9.17) is 0 Å². The zero-order valence-electron chi connectivity index (χ0n) is 25.9. The Balaban J connectivity index is 2.13. The van der Waals surface area contributed by atoms with Crippen molar-refractivity contribution < 1.29 is 15.3 Å². The fourth-order valence-corrected chi connectivity index (χ4v) is 5.65. The first-order chi connectivity index (χ1) is 19.0. The Kier molecular flexibility index (Phi) is 10.4. The number of benzene rings is 3. The van der Waals surface area contributed by atoms with E-state index < -0.39 is 0 Å². The smallest absolute Gasteiger partial charge is 0.0525 e. The fourth-order valence-electron chi connectivity index (χ4n) is 5.65. The summed E-state index contributed by atoms with van der Waals surface area (Å²) in [7, 11) is 0. The summed E-state index contributed by atoms with van der Waals surface area (Å²) in [6.07, 6.45) is 4.39. The van der Waals surface area contributed by atoms with Crippen LogP contribution < -0.4 is 0 Å². The molecule has 3 unspecified atom stereocenters. The van der Waals surface area contributed by atoms with Crippen LogP contribution in [0.25, 0.3) is 0 Å². The Morgan fingerprint density at radius 3 is 1.23 bits per heavy atom. The summed E-state index contributed by atoms with van der Waals surface area (Å²) < 4.78 is 0. The molecule has 0 aromatic heterocycles. The van der Waals surface area contributed by atoms with Gasteiger partial charge in [0.2, 0.25) is 0 Å². The van der Waals surface area contributed by atoms with Crippen LogP contribution in [0.15, 0.2) is 72.8 Å². The van der Waals surface area contributed by atoms with Gasteiger partial charge in [-0.2, -0.15) is 0 Å². The summed E-state index contributed by atoms with van der Waals surface area (Å²) in [5.41, 5.74) is 6.14. The van der Waals surface area contributed by atoms with E-state index in [9.17, 15) is 15.3 Å². The van der Waals surface area contributed by atoms with Gasteiger partial charge in [0.25, 0.3) is 0 Å². The number of aryl methyl sites for hydroxylation is 1. The van der Waals surface area contributed by atoms with Crippen molar-refractivity contribution in [1.82, 2.24) is 0 Å². The quantitative estimate of drug-likeness (QED) is 0.196. The van der Waals surface area contributed by atoms with Crippen molar-refractivity contribution in [1.29, 1.82) is 0 Å². The van der Waals surface area contributed by atoms with Crippen LogP contribution in [0.1, 0.15) is 108 Å². The SMILES string of the molecule is CCC(C)(CO)c1cccc(CCC(C)(c2cccc(C(C)(CC)CO)c2)c2cccc(C(C)(CC)CO)c2)c1. The Hall–Kier alpha value is -2.46. The second-order valence-corrected chi connectivity index (χ2v) is 12.9. The van der Waals surface area contributed by atoms with E-state index in [1.807, 2.05) is 0 Å². The second kappa shape index (κ2) is 13.0. The van der Waals surface area contributed by atoms with Crippen LogP contribution in [0, 0.1) is 0 Å². The van der Waals surface area contributed by atoms with Gasteiger partial charge in [-0.15, -0.1) is 0 Å². The average molecular weight is 545 g/mol. The van der Waals surface area contributed by atoms with E-state index in [0.29, 0.717) is 0 Å². The third-order valence-electron chi connectivity index (χ3n) is 10.3. The van der Waals surface area contributed by atoms with E-state index in [2.05, 4.69) is 121 Å². The molecule has 3 aromatic rings. The predicted molar refractivity (Wildman–Crippen MR) is 168 cm³/mol. The van der Waals surface area contributed by atoms with Gasteiger partial charge in [0.1, 0.15) is 0 Å². The maximum atomic E-state index is 10.3. The van der Waals surface area contributed by atoms with Crippen molar-refractivity contribution in [2.45, 2.75) is 102 Å². The summed E-state index contributed by atoms with van der Waals surface area (Å²) in [5.74, 6) is 0. The number of rotatable bonds is 14. The highest BCUT2D eigenvalue weighted by Gasteiger charge is 2.33. The van der Waals surface area contributed by atoms with Crippen LogP contribution in [-0.4, -0.2) is 35.1 Å². The number of hydrogen-bond acceptors (Lipinski definition) is 3. The van der Waals surface area contributed by atoms with Crippen LogP contribution in [0.2, 0.25) is 0 Å². The molecule has 0 heterocycles.